The summed E-state index contributed by atoms with van der Waals surface area (Å²) in [4.78, 5) is 12.4. The Morgan fingerprint density at radius 1 is 1.29 bits per heavy atom. The zero-order valence-corrected chi connectivity index (χ0v) is 10.6. The fraction of sp³-hybridized carbons (Fsp3) is 0.467. The second-order valence-electron chi connectivity index (χ2n) is 5.82. The summed E-state index contributed by atoms with van der Waals surface area (Å²) in [6.45, 7) is 5.74. The second-order valence-corrected chi connectivity index (χ2v) is 5.82. The quantitative estimate of drug-likeness (QED) is 0.726. The lowest BCUT2D eigenvalue weighted by molar-refractivity contribution is 0.0857. The second kappa shape index (κ2) is 3.70. The molecule has 88 valence electrons. The Labute approximate surface area is 102 Å². The average Bonchev–Trinajstić information content (AvgIpc) is 3.08. The van der Waals surface area contributed by atoms with E-state index in [9.17, 15) is 10.1 Å². The van der Waals surface area contributed by atoms with Crippen LogP contribution in [0, 0.1) is 16.7 Å². The number of hydrogen-bond acceptors (Lipinski definition) is 2. The van der Waals surface area contributed by atoms with E-state index >= 15 is 0 Å². The molecule has 2 nitrogen and oxygen atoms in total. The summed E-state index contributed by atoms with van der Waals surface area (Å²) in [5.41, 5.74) is 0.848. The first-order chi connectivity index (χ1) is 7.91. The summed E-state index contributed by atoms with van der Waals surface area (Å²) in [7, 11) is 0. The molecule has 0 bridgehead atoms. The van der Waals surface area contributed by atoms with Crippen molar-refractivity contribution in [1.82, 2.24) is 0 Å². The molecule has 0 radical (unpaired) electrons. The molecular weight excluding hydrogens is 210 g/mol. The van der Waals surface area contributed by atoms with Crippen molar-refractivity contribution in [3.63, 3.8) is 0 Å². The van der Waals surface area contributed by atoms with Gasteiger partial charge in [0.2, 0.25) is 0 Å². The van der Waals surface area contributed by atoms with Crippen LogP contribution in [-0.4, -0.2) is 5.78 Å². The van der Waals surface area contributed by atoms with E-state index < -0.39 is 10.8 Å². The van der Waals surface area contributed by atoms with Crippen molar-refractivity contribution in [3.05, 3.63) is 35.4 Å². The molecule has 0 saturated heterocycles. The van der Waals surface area contributed by atoms with Gasteiger partial charge in [0.05, 0.1) is 11.5 Å². The van der Waals surface area contributed by atoms with Gasteiger partial charge in [-0.2, -0.15) is 5.26 Å². The lowest BCUT2D eigenvalue weighted by Gasteiger charge is -2.20. The first kappa shape index (κ1) is 11.9. The molecule has 0 amide bonds. The standard InChI is InChI=1S/C15H17NO/c1-14(2,3)13(17)11-6-4-5-7-12(11)15(10-16)8-9-15/h4-7H,8-9H2,1-3H3. The molecule has 0 unspecified atom stereocenters. The van der Waals surface area contributed by atoms with Gasteiger partial charge in [-0.1, -0.05) is 45.0 Å². The molecule has 0 spiro atoms. The highest BCUT2D eigenvalue weighted by molar-refractivity contribution is 6.01. The Morgan fingerprint density at radius 3 is 2.35 bits per heavy atom. The molecular formula is C15H17NO. The minimum atomic E-state index is -0.401. The van der Waals surface area contributed by atoms with E-state index in [1.165, 1.54) is 0 Å². The maximum Gasteiger partial charge on any atom is 0.168 e. The molecule has 1 aliphatic rings. The molecule has 0 aliphatic heterocycles. The summed E-state index contributed by atoms with van der Waals surface area (Å²) in [5, 5.41) is 9.26. The van der Waals surface area contributed by atoms with Crippen LogP contribution in [0.2, 0.25) is 0 Å². The Balaban J connectivity index is 2.50. The van der Waals surface area contributed by atoms with Crippen molar-refractivity contribution in [3.8, 4) is 6.07 Å². The predicted molar refractivity (Wildman–Crippen MR) is 66.8 cm³/mol. The summed E-state index contributed by atoms with van der Waals surface area (Å²) in [6.07, 6.45) is 1.75. The highest BCUT2D eigenvalue weighted by atomic mass is 16.1. The molecule has 0 N–H and O–H groups in total. The van der Waals surface area contributed by atoms with E-state index in [2.05, 4.69) is 6.07 Å². The summed E-state index contributed by atoms with van der Waals surface area (Å²) >= 11 is 0. The highest BCUT2D eigenvalue weighted by Crippen LogP contribution is 2.49. The third-order valence-corrected chi connectivity index (χ3v) is 3.33. The van der Waals surface area contributed by atoms with E-state index in [-0.39, 0.29) is 5.78 Å². The van der Waals surface area contributed by atoms with Gasteiger partial charge < -0.3 is 0 Å². The Bertz CT molecular complexity index is 498. The van der Waals surface area contributed by atoms with E-state index in [1.54, 1.807) is 0 Å². The number of ketones is 1. The summed E-state index contributed by atoms with van der Waals surface area (Å²) in [6, 6.07) is 9.92. The molecule has 0 atom stereocenters. The smallest absolute Gasteiger partial charge is 0.168 e. The normalized spacial score (nSPS) is 17.3. The van der Waals surface area contributed by atoms with Crippen molar-refractivity contribution in [2.24, 2.45) is 5.41 Å². The lowest BCUT2D eigenvalue weighted by Crippen LogP contribution is -2.23. The predicted octanol–water partition coefficient (Wildman–Crippen LogP) is 3.47. The van der Waals surface area contributed by atoms with Gasteiger partial charge in [-0.3, -0.25) is 4.79 Å². The minimum absolute atomic E-state index is 0.120. The topological polar surface area (TPSA) is 40.9 Å². The van der Waals surface area contributed by atoms with Crippen molar-refractivity contribution < 1.29 is 4.79 Å². The Hall–Kier alpha value is -1.62. The molecule has 1 fully saturated rings. The first-order valence-electron chi connectivity index (χ1n) is 5.96. The molecule has 0 aromatic heterocycles. The first-order valence-corrected chi connectivity index (χ1v) is 5.96. The van der Waals surface area contributed by atoms with E-state index in [0.29, 0.717) is 0 Å². The number of nitriles is 1. The molecule has 0 heterocycles. The van der Waals surface area contributed by atoms with Crippen molar-refractivity contribution in [1.29, 1.82) is 5.26 Å². The van der Waals surface area contributed by atoms with Gasteiger partial charge in [0.25, 0.3) is 0 Å². The molecule has 2 heteroatoms. The maximum atomic E-state index is 12.4. The van der Waals surface area contributed by atoms with Gasteiger partial charge in [-0.15, -0.1) is 0 Å². The van der Waals surface area contributed by atoms with Crippen LogP contribution in [0.4, 0.5) is 0 Å². The van der Waals surface area contributed by atoms with Crippen LogP contribution < -0.4 is 0 Å². The fourth-order valence-electron chi connectivity index (χ4n) is 2.07. The van der Waals surface area contributed by atoms with E-state index in [0.717, 1.165) is 24.0 Å². The molecule has 1 aromatic rings. The number of benzene rings is 1. The van der Waals surface area contributed by atoms with Crippen LogP contribution in [0.25, 0.3) is 0 Å². The minimum Gasteiger partial charge on any atom is -0.294 e. The number of carbonyl (C=O) groups excluding carboxylic acids is 1. The zero-order valence-electron chi connectivity index (χ0n) is 10.6. The van der Waals surface area contributed by atoms with Gasteiger partial charge in [-0.25, -0.2) is 0 Å². The summed E-state index contributed by atoms with van der Waals surface area (Å²) < 4.78 is 0. The van der Waals surface area contributed by atoms with Crippen LogP contribution in [0.3, 0.4) is 0 Å². The number of carbonyl (C=O) groups is 1. The molecule has 17 heavy (non-hydrogen) atoms. The molecule has 2 rings (SSSR count). The zero-order chi connectivity index (χ0) is 12.7. The van der Waals surface area contributed by atoms with Crippen molar-refractivity contribution in [2.75, 3.05) is 0 Å². The largest absolute Gasteiger partial charge is 0.294 e. The third kappa shape index (κ3) is 1.98. The number of hydrogen-bond donors (Lipinski definition) is 0. The van der Waals surface area contributed by atoms with Crippen LogP contribution in [-0.2, 0) is 5.41 Å². The van der Waals surface area contributed by atoms with E-state index in [4.69, 9.17) is 0 Å². The van der Waals surface area contributed by atoms with Crippen molar-refractivity contribution in [2.45, 2.75) is 39.0 Å². The van der Waals surface area contributed by atoms with Gasteiger partial charge >= 0.3 is 0 Å². The molecule has 1 saturated carbocycles. The lowest BCUT2D eigenvalue weighted by atomic mass is 9.81. The highest BCUT2D eigenvalue weighted by Gasteiger charge is 2.47. The Morgan fingerprint density at radius 2 is 1.88 bits per heavy atom. The van der Waals surface area contributed by atoms with Gasteiger partial charge in [-0.05, 0) is 18.4 Å². The van der Waals surface area contributed by atoms with Crippen LogP contribution in [0.5, 0.6) is 0 Å². The van der Waals surface area contributed by atoms with Crippen LogP contribution in [0.15, 0.2) is 24.3 Å². The molecule has 1 aromatic carbocycles. The SMILES string of the molecule is CC(C)(C)C(=O)c1ccccc1C1(C#N)CC1. The third-order valence-electron chi connectivity index (χ3n) is 3.33. The van der Waals surface area contributed by atoms with Crippen LogP contribution in [0.1, 0.15) is 49.5 Å². The summed E-state index contributed by atoms with van der Waals surface area (Å²) in [5.74, 6) is 0.120. The monoisotopic (exact) mass is 227 g/mol. The van der Waals surface area contributed by atoms with Crippen molar-refractivity contribution >= 4 is 5.78 Å². The fourth-order valence-corrected chi connectivity index (χ4v) is 2.07. The number of rotatable bonds is 2. The maximum absolute atomic E-state index is 12.4. The van der Waals surface area contributed by atoms with Crippen LogP contribution >= 0.6 is 0 Å². The van der Waals surface area contributed by atoms with Gasteiger partial charge in [0.15, 0.2) is 5.78 Å². The van der Waals surface area contributed by atoms with Gasteiger partial charge in [0, 0.05) is 11.0 Å². The average molecular weight is 227 g/mol. The number of Topliss-reactive ketones (excluding diaryl/α,β-unsaturated/α-hetero) is 1. The number of nitrogens with zero attached hydrogens (tertiary/aromatic N) is 1. The molecule has 1 aliphatic carbocycles. The van der Waals surface area contributed by atoms with E-state index in [1.807, 2.05) is 45.0 Å². The van der Waals surface area contributed by atoms with Gasteiger partial charge in [0.1, 0.15) is 0 Å². The Kier molecular flexibility index (Phi) is 2.58.